The van der Waals surface area contributed by atoms with Crippen LogP contribution >= 0.6 is 0 Å². The number of carboxylic acid groups (broad SMARTS) is 1. The lowest BCUT2D eigenvalue weighted by molar-refractivity contribution is -0.136. The van der Waals surface area contributed by atoms with Crippen LogP contribution in [0.4, 0.5) is 0 Å². The van der Waals surface area contributed by atoms with E-state index in [2.05, 4.69) is 26.1 Å². The van der Waals surface area contributed by atoms with Crippen molar-refractivity contribution in [1.29, 1.82) is 0 Å². The van der Waals surface area contributed by atoms with Crippen LogP contribution in [0, 0.1) is 18.3 Å². The van der Waals surface area contributed by atoms with E-state index in [4.69, 9.17) is 14.3 Å². The van der Waals surface area contributed by atoms with Crippen LogP contribution < -0.4 is 5.32 Å². The molecule has 6 nitrogen and oxygen atoms in total. The lowest BCUT2D eigenvalue weighted by Crippen LogP contribution is -2.45. The zero-order chi connectivity index (χ0) is 17.9. The summed E-state index contributed by atoms with van der Waals surface area (Å²) < 4.78 is 11.2. The van der Waals surface area contributed by atoms with E-state index in [1.807, 2.05) is 0 Å². The molecule has 2 N–H and O–H groups in total. The summed E-state index contributed by atoms with van der Waals surface area (Å²) in [6, 6.07) is 0. The van der Waals surface area contributed by atoms with Crippen molar-refractivity contribution in [3.63, 3.8) is 0 Å². The van der Waals surface area contributed by atoms with Crippen LogP contribution in [-0.2, 0) is 16.0 Å². The first-order chi connectivity index (χ1) is 11.2. The molecule has 6 heteroatoms. The molecule has 134 valence electrons. The highest BCUT2D eigenvalue weighted by molar-refractivity contribution is 5.97. The van der Waals surface area contributed by atoms with Crippen molar-refractivity contribution in [1.82, 2.24) is 5.32 Å². The third-order valence-electron chi connectivity index (χ3n) is 4.41. The fourth-order valence-electron chi connectivity index (χ4n) is 3.39. The minimum Gasteiger partial charge on any atom is -0.481 e. The molecular weight excluding hydrogens is 310 g/mol. The van der Waals surface area contributed by atoms with E-state index in [1.165, 1.54) is 6.26 Å². The van der Waals surface area contributed by atoms with Gasteiger partial charge in [0, 0.05) is 24.6 Å². The Labute approximate surface area is 142 Å². The lowest BCUT2D eigenvalue weighted by atomic mass is 9.78. The predicted octanol–water partition coefficient (Wildman–Crippen LogP) is 2.79. The van der Waals surface area contributed by atoms with Gasteiger partial charge < -0.3 is 19.6 Å². The van der Waals surface area contributed by atoms with Crippen LogP contribution in [0.3, 0.4) is 0 Å². The molecule has 0 aromatic carbocycles. The second-order valence-electron chi connectivity index (χ2n) is 7.56. The first-order valence-corrected chi connectivity index (χ1v) is 8.38. The van der Waals surface area contributed by atoms with E-state index >= 15 is 0 Å². The summed E-state index contributed by atoms with van der Waals surface area (Å²) in [5.41, 5.74) is 0.994. The number of carbonyl (C=O) groups excluding carboxylic acids is 1. The topological polar surface area (TPSA) is 88.8 Å². The zero-order valence-corrected chi connectivity index (χ0v) is 14.8. The van der Waals surface area contributed by atoms with Crippen LogP contribution in [0.5, 0.6) is 0 Å². The first-order valence-electron chi connectivity index (χ1n) is 8.38. The van der Waals surface area contributed by atoms with Crippen molar-refractivity contribution >= 4 is 11.9 Å². The summed E-state index contributed by atoms with van der Waals surface area (Å²) in [6.07, 6.45) is 3.22. The smallest absolute Gasteiger partial charge is 0.311 e. The third kappa shape index (κ3) is 4.38. The molecule has 2 rings (SSSR count). The van der Waals surface area contributed by atoms with Gasteiger partial charge in [0.1, 0.15) is 12.2 Å². The van der Waals surface area contributed by atoms with Crippen LogP contribution in [0.15, 0.2) is 10.7 Å². The minimum atomic E-state index is -1.02. The molecular formula is C18H27NO5. The van der Waals surface area contributed by atoms with Crippen molar-refractivity contribution in [2.45, 2.75) is 53.1 Å². The zero-order valence-electron chi connectivity index (χ0n) is 14.8. The van der Waals surface area contributed by atoms with Crippen LogP contribution in [0.1, 0.15) is 55.3 Å². The van der Waals surface area contributed by atoms with Gasteiger partial charge in [-0.25, -0.2) is 0 Å². The molecule has 1 fully saturated rings. The van der Waals surface area contributed by atoms with Crippen LogP contribution in [-0.4, -0.2) is 36.2 Å². The van der Waals surface area contributed by atoms with E-state index in [0.717, 1.165) is 19.4 Å². The molecule has 0 radical (unpaired) electrons. The molecule has 0 aliphatic carbocycles. The second-order valence-corrected chi connectivity index (χ2v) is 7.56. The molecule has 1 aromatic heterocycles. The van der Waals surface area contributed by atoms with Gasteiger partial charge in [-0.1, -0.05) is 20.8 Å². The molecule has 1 saturated heterocycles. The normalized spacial score (nSPS) is 21.5. The number of carbonyl (C=O) groups is 2. The Kier molecular flexibility index (Phi) is 5.70. The van der Waals surface area contributed by atoms with Gasteiger partial charge >= 0.3 is 5.97 Å². The summed E-state index contributed by atoms with van der Waals surface area (Å²) in [5, 5.41) is 11.9. The first kappa shape index (κ1) is 18.5. The number of carboxylic acids is 1. The van der Waals surface area contributed by atoms with Gasteiger partial charge in [-0.05, 0) is 25.2 Å². The third-order valence-corrected chi connectivity index (χ3v) is 4.41. The summed E-state index contributed by atoms with van der Waals surface area (Å²) in [5.74, 6) is -0.856. The van der Waals surface area contributed by atoms with Crippen LogP contribution in [0.2, 0.25) is 0 Å². The Morgan fingerprint density at radius 3 is 2.71 bits per heavy atom. The number of rotatable bonds is 5. The monoisotopic (exact) mass is 337 g/mol. The standard InChI is InChI=1S/C18H27NO5/c1-11-10-24-13(8-14(20)21)15(11)17(22)19-9-12-6-5-7-23-16(12)18(2,3)4/h10,12,16H,5-9H2,1-4H3,(H,19,22)(H,20,21). The Balaban J connectivity index is 2.05. The van der Waals surface area contributed by atoms with Gasteiger partial charge in [-0.3, -0.25) is 9.59 Å². The molecule has 2 heterocycles. The number of hydrogen-bond donors (Lipinski definition) is 2. The minimum absolute atomic E-state index is 0.00976. The van der Waals surface area contributed by atoms with Crippen molar-refractivity contribution in [3.8, 4) is 0 Å². The molecule has 1 aliphatic rings. The number of nitrogens with one attached hydrogen (secondary N) is 1. The number of aryl methyl sites for hydroxylation is 1. The van der Waals surface area contributed by atoms with Gasteiger partial charge in [0.2, 0.25) is 0 Å². The van der Waals surface area contributed by atoms with Gasteiger partial charge in [-0.2, -0.15) is 0 Å². The predicted molar refractivity (Wildman–Crippen MR) is 89.0 cm³/mol. The van der Waals surface area contributed by atoms with E-state index in [0.29, 0.717) is 17.7 Å². The van der Waals surface area contributed by atoms with Gasteiger partial charge in [-0.15, -0.1) is 0 Å². The number of ether oxygens (including phenoxy) is 1. The highest BCUT2D eigenvalue weighted by Gasteiger charge is 2.35. The van der Waals surface area contributed by atoms with Gasteiger partial charge in [0.25, 0.3) is 5.91 Å². The molecule has 24 heavy (non-hydrogen) atoms. The Morgan fingerprint density at radius 2 is 2.08 bits per heavy atom. The van der Waals surface area contributed by atoms with Crippen molar-refractivity contribution in [3.05, 3.63) is 23.2 Å². The average molecular weight is 337 g/mol. The van der Waals surface area contributed by atoms with Crippen molar-refractivity contribution in [2.24, 2.45) is 11.3 Å². The Bertz CT molecular complexity index is 599. The maximum absolute atomic E-state index is 12.5. The summed E-state index contributed by atoms with van der Waals surface area (Å²) in [4.78, 5) is 23.4. The molecule has 0 bridgehead atoms. The van der Waals surface area contributed by atoms with Gasteiger partial charge in [0.05, 0.1) is 17.9 Å². The van der Waals surface area contributed by atoms with Gasteiger partial charge in [0.15, 0.2) is 0 Å². The summed E-state index contributed by atoms with van der Waals surface area (Å²) in [6.45, 7) is 9.44. The maximum Gasteiger partial charge on any atom is 0.311 e. The van der Waals surface area contributed by atoms with E-state index < -0.39 is 5.97 Å². The summed E-state index contributed by atoms with van der Waals surface area (Å²) in [7, 11) is 0. The average Bonchev–Trinajstić information content (AvgIpc) is 2.84. The van der Waals surface area contributed by atoms with Crippen LogP contribution in [0.25, 0.3) is 0 Å². The fourth-order valence-corrected chi connectivity index (χ4v) is 3.39. The number of furan rings is 1. The molecule has 0 spiro atoms. The van der Waals surface area contributed by atoms with E-state index in [1.54, 1.807) is 6.92 Å². The maximum atomic E-state index is 12.5. The number of amides is 1. The molecule has 1 amide bonds. The molecule has 1 aliphatic heterocycles. The number of hydrogen-bond acceptors (Lipinski definition) is 4. The van der Waals surface area contributed by atoms with Crippen molar-refractivity contribution in [2.75, 3.05) is 13.2 Å². The second kappa shape index (κ2) is 7.38. The van der Waals surface area contributed by atoms with E-state index in [-0.39, 0.29) is 35.5 Å². The highest BCUT2D eigenvalue weighted by Crippen LogP contribution is 2.33. The Hall–Kier alpha value is -1.82. The Morgan fingerprint density at radius 1 is 1.38 bits per heavy atom. The SMILES string of the molecule is Cc1coc(CC(=O)O)c1C(=O)NCC1CCCOC1C(C)(C)C. The molecule has 2 atom stereocenters. The summed E-state index contributed by atoms with van der Waals surface area (Å²) >= 11 is 0. The highest BCUT2D eigenvalue weighted by atomic mass is 16.5. The quantitative estimate of drug-likeness (QED) is 0.862. The lowest BCUT2D eigenvalue weighted by Gasteiger charge is -2.40. The van der Waals surface area contributed by atoms with E-state index in [9.17, 15) is 9.59 Å². The largest absolute Gasteiger partial charge is 0.481 e. The molecule has 1 aromatic rings. The molecule has 2 unspecified atom stereocenters. The van der Waals surface area contributed by atoms with Crippen molar-refractivity contribution < 1.29 is 23.8 Å². The fraction of sp³-hybridized carbons (Fsp3) is 0.667. The number of aliphatic carboxylic acids is 1. The molecule has 0 saturated carbocycles.